The van der Waals surface area contributed by atoms with Crippen molar-refractivity contribution < 1.29 is 14.1 Å². The number of amidine groups is 1. The first kappa shape index (κ1) is 14.4. The Morgan fingerprint density at radius 2 is 2.19 bits per heavy atom. The van der Waals surface area contributed by atoms with Crippen LogP contribution in [0, 0.1) is 28.3 Å². The van der Waals surface area contributed by atoms with Gasteiger partial charge in [-0.25, -0.2) is 9.37 Å². The minimum absolute atomic E-state index is 0.0369. The molecular formula is C13H11FN4O3. The predicted octanol–water partition coefficient (Wildman–Crippen LogP) is 2.51. The Morgan fingerprint density at radius 3 is 2.81 bits per heavy atom. The fourth-order valence-electron chi connectivity index (χ4n) is 1.65. The van der Waals surface area contributed by atoms with E-state index in [2.05, 4.69) is 4.98 Å². The summed E-state index contributed by atoms with van der Waals surface area (Å²) in [4.78, 5) is 14.0. The maximum Gasteiger partial charge on any atom is 0.275 e. The maximum absolute atomic E-state index is 13.8. The van der Waals surface area contributed by atoms with E-state index >= 15 is 0 Å². The zero-order valence-corrected chi connectivity index (χ0v) is 11.0. The molecule has 0 radical (unpaired) electrons. The van der Waals surface area contributed by atoms with Crippen molar-refractivity contribution in [3.63, 3.8) is 0 Å². The Bertz CT molecular complexity index is 733. The number of nitrogens with one attached hydrogen (secondary N) is 1. The van der Waals surface area contributed by atoms with E-state index in [0.29, 0.717) is 0 Å². The average molecular weight is 290 g/mol. The number of pyridine rings is 1. The largest absolute Gasteiger partial charge is 0.436 e. The Morgan fingerprint density at radius 1 is 1.48 bits per heavy atom. The molecule has 0 bridgehead atoms. The highest BCUT2D eigenvalue weighted by atomic mass is 19.1. The van der Waals surface area contributed by atoms with Crippen LogP contribution in [0.3, 0.4) is 0 Å². The van der Waals surface area contributed by atoms with Gasteiger partial charge in [0.05, 0.1) is 11.0 Å². The first-order valence-electron chi connectivity index (χ1n) is 5.82. The van der Waals surface area contributed by atoms with Crippen molar-refractivity contribution in [3.05, 3.63) is 57.5 Å². The van der Waals surface area contributed by atoms with Gasteiger partial charge in [-0.15, -0.1) is 0 Å². The summed E-state index contributed by atoms with van der Waals surface area (Å²) in [5.41, 5.74) is 5.42. The summed E-state index contributed by atoms with van der Waals surface area (Å²) in [6.45, 7) is 1.48. The molecule has 7 nitrogen and oxygen atoms in total. The minimum Gasteiger partial charge on any atom is -0.436 e. The number of nitrogens with zero attached hydrogens (tertiary/aromatic N) is 2. The molecule has 0 spiro atoms. The number of hydrogen-bond donors (Lipinski definition) is 2. The minimum atomic E-state index is -0.873. The second-order valence-electron chi connectivity index (χ2n) is 4.20. The number of ether oxygens (including phenoxy) is 1. The summed E-state index contributed by atoms with van der Waals surface area (Å²) < 4.78 is 19.1. The van der Waals surface area contributed by atoms with Gasteiger partial charge in [0.25, 0.3) is 5.69 Å². The normalized spacial score (nSPS) is 10.2. The Hall–Kier alpha value is -3.03. The molecule has 2 aromatic rings. The molecular weight excluding hydrogens is 279 g/mol. The predicted molar refractivity (Wildman–Crippen MR) is 73.1 cm³/mol. The van der Waals surface area contributed by atoms with Gasteiger partial charge in [-0.1, -0.05) is 6.07 Å². The van der Waals surface area contributed by atoms with Crippen LogP contribution < -0.4 is 10.5 Å². The lowest BCUT2D eigenvalue weighted by molar-refractivity contribution is -0.385. The van der Waals surface area contributed by atoms with Gasteiger partial charge in [-0.05, 0) is 19.1 Å². The lowest BCUT2D eigenvalue weighted by atomic mass is 10.2. The van der Waals surface area contributed by atoms with Gasteiger partial charge >= 0.3 is 0 Å². The lowest BCUT2D eigenvalue weighted by Gasteiger charge is -2.08. The van der Waals surface area contributed by atoms with Crippen molar-refractivity contribution in [3.8, 4) is 11.6 Å². The number of aromatic nitrogens is 1. The molecule has 21 heavy (non-hydrogen) atoms. The number of rotatable bonds is 4. The van der Waals surface area contributed by atoms with E-state index < -0.39 is 10.7 Å². The molecule has 8 heteroatoms. The molecule has 0 unspecified atom stereocenters. The number of hydrogen-bond acceptors (Lipinski definition) is 5. The van der Waals surface area contributed by atoms with Crippen molar-refractivity contribution in [2.45, 2.75) is 6.92 Å². The van der Waals surface area contributed by atoms with E-state index in [-0.39, 0.29) is 34.4 Å². The molecule has 1 heterocycles. The number of nitro groups is 1. The highest BCUT2D eigenvalue weighted by Gasteiger charge is 2.17. The molecule has 0 amide bonds. The zero-order chi connectivity index (χ0) is 15.6. The van der Waals surface area contributed by atoms with Crippen LogP contribution >= 0.6 is 0 Å². The van der Waals surface area contributed by atoms with Gasteiger partial charge in [-0.2, -0.15) is 0 Å². The van der Waals surface area contributed by atoms with Crippen molar-refractivity contribution in [2.75, 3.05) is 0 Å². The van der Waals surface area contributed by atoms with Crippen molar-refractivity contribution in [2.24, 2.45) is 5.73 Å². The van der Waals surface area contributed by atoms with E-state index in [1.54, 1.807) is 6.07 Å². The van der Waals surface area contributed by atoms with Crippen LogP contribution in [-0.4, -0.2) is 15.7 Å². The van der Waals surface area contributed by atoms with Gasteiger partial charge < -0.3 is 10.5 Å². The highest BCUT2D eigenvalue weighted by Crippen LogP contribution is 2.29. The van der Waals surface area contributed by atoms with Crippen LogP contribution in [-0.2, 0) is 0 Å². The fourth-order valence-corrected chi connectivity index (χ4v) is 1.65. The number of halogens is 1. The average Bonchev–Trinajstić information content (AvgIpc) is 2.42. The van der Waals surface area contributed by atoms with E-state index in [4.69, 9.17) is 15.9 Å². The molecule has 2 rings (SSSR count). The monoisotopic (exact) mass is 290 g/mol. The summed E-state index contributed by atoms with van der Waals surface area (Å²) in [6, 6.07) is 6.53. The molecule has 0 aliphatic heterocycles. The molecule has 1 aromatic heterocycles. The number of nitrogens with two attached hydrogens (primary N) is 1. The standard InChI is InChI=1S/C13H11FN4O3/c1-7-5-11(8(14)6-10(7)18(19)20)21-12-4-2-3-9(17-12)13(15)16/h2-6H,1H3,(H3,15,16). The molecule has 0 fully saturated rings. The van der Waals surface area contributed by atoms with Gasteiger partial charge in [0, 0.05) is 11.6 Å². The molecule has 0 saturated heterocycles. The van der Waals surface area contributed by atoms with Gasteiger partial charge in [0.15, 0.2) is 11.6 Å². The highest BCUT2D eigenvalue weighted by molar-refractivity contribution is 5.93. The van der Waals surface area contributed by atoms with Crippen LogP contribution in [0.15, 0.2) is 30.3 Å². The topological polar surface area (TPSA) is 115 Å². The van der Waals surface area contributed by atoms with E-state index in [1.165, 1.54) is 25.1 Å². The Labute approximate surface area is 118 Å². The first-order chi connectivity index (χ1) is 9.88. The Kier molecular flexibility index (Phi) is 3.79. The van der Waals surface area contributed by atoms with E-state index in [0.717, 1.165) is 6.07 Å². The number of benzene rings is 1. The van der Waals surface area contributed by atoms with E-state index in [9.17, 15) is 14.5 Å². The summed E-state index contributed by atoms with van der Waals surface area (Å²) in [5.74, 6) is -1.27. The summed E-state index contributed by atoms with van der Waals surface area (Å²) >= 11 is 0. The summed E-state index contributed by atoms with van der Waals surface area (Å²) in [6.07, 6.45) is 0. The summed E-state index contributed by atoms with van der Waals surface area (Å²) in [5, 5.41) is 18.0. The van der Waals surface area contributed by atoms with Crippen LogP contribution in [0.1, 0.15) is 11.3 Å². The van der Waals surface area contributed by atoms with E-state index in [1.807, 2.05) is 0 Å². The molecule has 0 aliphatic rings. The Balaban J connectivity index is 2.36. The fraction of sp³-hybridized carbons (Fsp3) is 0.0769. The van der Waals surface area contributed by atoms with Crippen molar-refractivity contribution in [1.82, 2.24) is 4.98 Å². The number of nitro benzene ring substituents is 1. The summed E-state index contributed by atoms with van der Waals surface area (Å²) in [7, 11) is 0. The second kappa shape index (κ2) is 5.53. The van der Waals surface area contributed by atoms with Gasteiger partial charge in [-0.3, -0.25) is 15.5 Å². The maximum atomic E-state index is 13.8. The van der Waals surface area contributed by atoms with Gasteiger partial charge in [0.1, 0.15) is 11.5 Å². The SMILES string of the molecule is Cc1cc(Oc2cccc(C(=N)N)n2)c(F)cc1[N+](=O)[O-]. The third kappa shape index (κ3) is 3.11. The third-order valence-corrected chi connectivity index (χ3v) is 2.66. The molecule has 0 aliphatic carbocycles. The number of aryl methyl sites for hydroxylation is 1. The second-order valence-corrected chi connectivity index (χ2v) is 4.20. The van der Waals surface area contributed by atoms with Crippen LogP contribution in [0.5, 0.6) is 11.6 Å². The molecule has 3 N–H and O–H groups in total. The molecule has 0 atom stereocenters. The zero-order valence-electron chi connectivity index (χ0n) is 11.0. The number of nitrogen functional groups attached to an aromatic ring is 1. The van der Waals surface area contributed by atoms with Crippen LogP contribution in [0.4, 0.5) is 10.1 Å². The quantitative estimate of drug-likeness (QED) is 0.388. The lowest BCUT2D eigenvalue weighted by Crippen LogP contribution is -2.13. The third-order valence-electron chi connectivity index (χ3n) is 2.66. The van der Waals surface area contributed by atoms with Crippen molar-refractivity contribution >= 4 is 11.5 Å². The van der Waals surface area contributed by atoms with Crippen LogP contribution in [0.2, 0.25) is 0 Å². The smallest absolute Gasteiger partial charge is 0.275 e. The molecule has 1 aromatic carbocycles. The van der Waals surface area contributed by atoms with Gasteiger partial charge in [0.2, 0.25) is 5.88 Å². The van der Waals surface area contributed by atoms with Crippen molar-refractivity contribution in [1.29, 1.82) is 5.41 Å². The molecule has 0 saturated carbocycles. The first-order valence-corrected chi connectivity index (χ1v) is 5.82. The molecule has 108 valence electrons. The van der Waals surface area contributed by atoms with Crippen LogP contribution in [0.25, 0.3) is 0 Å².